The van der Waals surface area contributed by atoms with Gasteiger partial charge in [0.25, 0.3) is 0 Å². The van der Waals surface area contributed by atoms with Crippen LogP contribution in [0.5, 0.6) is 5.75 Å². The second-order valence-electron chi connectivity index (χ2n) is 3.76. The van der Waals surface area contributed by atoms with Gasteiger partial charge in [-0.1, -0.05) is 0 Å². The van der Waals surface area contributed by atoms with Crippen molar-refractivity contribution in [3.8, 4) is 17.0 Å². The minimum absolute atomic E-state index is 0.283. The highest BCUT2D eigenvalue weighted by atomic mass is 16.5. The summed E-state index contributed by atoms with van der Waals surface area (Å²) in [6.45, 7) is 1.09. The highest BCUT2D eigenvalue weighted by molar-refractivity contribution is 5.61. The molecule has 0 unspecified atom stereocenters. The summed E-state index contributed by atoms with van der Waals surface area (Å²) < 4.78 is 11.7. The quantitative estimate of drug-likeness (QED) is 0.605. The molecule has 1 aromatic heterocycles. The van der Waals surface area contributed by atoms with Gasteiger partial charge in [-0.15, -0.1) is 0 Å². The number of hydrogen-bond donors (Lipinski definition) is 2. The minimum Gasteiger partial charge on any atom is -0.491 e. The molecule has 0 spiro atoms. The van der Waals surface area contributed by atoms with E-state index in [2.05, 4.69) is 4.98 Å². The number of rotatable bonds is 5. The van der Waals surface area contributed by atoms with Gasteiger partial charge in [-0.25, -0.2) is 9.66 Å². The summed E-state index contributed by atoms with van der Waals surface area (Å²) >= 11 is 0. The number of imidazole rings is 1. The van der Waals surface area contributed by atoms with E-state index in [1.807, 2.05) is 24.3 Å². The molecule has 0 amide bonds. The maximum Gasteiger partial charge on any atom is 0.219 e. The fourth-order valence-corrected chi connectivity index (χ4v) is 1.51. The zero-order chi connectivity index (χ0) is 13.0. The summed E-state index contributed by atoms with van der Waals surface area (Å²) in [6.07, 6.45) is 1.68. The third-order valence-corrected chi connectivity index (χ3v) is 2.47. The van der Waals surface area contributed by atoms with Crippen LogP contribution in [0, 0.1) is 0 Å². The standard InChI is InChI=1S/C12H16N4O2/c1-17-6-7-18-10-4-2-9(3-5-10)11-8-16(14)12(13)15-11/h2-5,8H,6-7,14H2,1H3,(H2,13,15). The first-order chi connectivity index (χ1) is 8.70. The highest BCUT2D eigenvalue weighted by Gasteiger charge is 2.05. The van der Waals surface area contributed by atoms with Crippen molar-refractivity contribution in [2.24, 2.45) is 0 Å². The van der Waals surface area contributed by atoms with Gasteiger partial charge in [0, 0.05) is 12.7 Å². The summed E-state index contributed by atoms with van der Waals surface area (Å²) in [4.78, 5) is 4.14. The third kappa shape index (κ3) is 2.72. The molecule has 0 aliphatic rings. The van der Waals surface area contributed by atoms with Crippen molar-refractivity contribution in [1.82, 2.24) is 9.66 Å². The predicted octanol–water partition coefficient (Wildman–Crippen LogP) is 0.871. The molecule has 96 valence electrons. The van der Waals surface area contributed by atoms with E-state index in [0.717, 1.165) is 17.0 Å². The minimum atomic E-state index is 0.283. The van der Waals surface area contributed by atoms with Crippen molar-refractivity contribution in [3.63, 3.8) is 0 Å². The lowest BCUT2D eigenvalue weighted by molar-refractivity contribution is 0.146. The lowest BCUT2D eigenvalue weighted by atomic mass is 10.2. The second kappa shape index (κ2) is 5.42. The Morgan fingerprint density at radius 2 is 1.94 bits per heavy atom. The van der Waals surface area contributed by atoms with Crippen LogP contribution in [0.1, 0.15) is 0 Å². The molecule has 2 rings (SSSR count). The summed E-state index contributed by atoms with van der Waals surface area (Å²) in [5, 5.41) is 0. The first-order valence-electron chi connectivity index (χ1n) is 5.53. The van der Waals surface area contributed by atoms with Crippen LogP contribution in [-0.2, 0) is 4.74 Å². The molecule has 2 aromatic rings. The first-order valence-corrected chi connectivity index (χ1v) is 5.53. The molecule has 6 nitrogen and oxygen atoms in total. The smallest absolute Gasteiger partial charge is 0.219 e. The average molecular weight is 248 g/mol. The van der Waals surface area contributed by atoms with E-state index in [-0.39, 0.29) is 5.95 Å². The lowest BCUT2D eigenvalue weighted by Crippen LogP contribution is -2.09. The predicted molar refractivity (Wildman–Crippen MR) is 69.6 cm³/mol. The summed E-state index contributed by atoms with van der Waals surface area (Å²) in [7, 11) is 1.64. The van der Waals surface area contributed by atoms with Gasteiger partial charge < -0.3 is 21.1 Å². The van der Waals surface area contributed by atoms with Gasteiger partial charge in [0.05, 0.1) is 18.5 Å². The Balaban J connectivity index is 2.07. The van der Waals surface area contributed by atoms with E-state index in [9.17, 15) is 0 Å². The number of hydrogen-bond acceptors (Lipinski definition) is 5. The van der Waals surface area contributed by atoms with Gasteiger partial charge in [0.2, 0.25) is 5.95 Å². The van der Waals surface area contributed by atoms with Crippen LogP contribution in [0.25, 0.3) is 11.3 Å². The van der Waals surface area contributed by atoms with Crippen LogP contribution >= 0.6 is 0 Å². The molecule has 0 bridgehead atoms. The molecule has 1 aromatic carbocycles. The topological polar surface area (TPSA) is 88.3 Å². The highest BCUT2D eigenvalue weighted by Crippen LogP contribution is 2.21. The molecule has 0 saturated heterocycles. The SMILES string of the molecule is COCCOc1ccc(-c2cn(N)c(N)n2)cc1. The largest absolute Gasteiger partial charge is 0.491 e. The summed E-state index contributed by atoms with van der Waals surface area (Å²) in [5.41, 5.74) is 7.25. The van der Waals surface area contributed by atoms with Crippen molar-refractivity contribution in [2.75, 3.05) is 31.9 Å². The number of nitrogens with zero attached hydrogens (tertiary/aromatic N) is 2. The number of methoxy groups -OCH3 is 1. The van der Waals surface area contributed by atoms with Crippen molar-refractivity contribution >= 4 is 5.95 Å². The van der Waals surface area contributed by atoms with Crippen molar-refractivity contribution in [2.45, 2.75) is 0 Å². The van der Waals surface area contributed by atoms with E-state index in [1.54, 1.807) is 13.3 Å². The summed E-state index contributed by atoms with van der Waals surface area (Å²) in [6, 6.07) is 7.56. The molecular formula is C12H16N4O2. The van der Waals surface area contributed by atoms with Crippen molar-refractivity contribution in [1.29, 1.82) is 0 Å². The van der Waals surface area contributed by atoms with Crippen LogP contribution in [0.2, 0.25) is 0 Å². The van der Waals surface area contributed by atoms with E-state index < -0.39 is 0 Å². The van der Waals surface area contributed by atoms with Gasteiger partial charge in [-0.3, -0.25) is 0 Å². The first kappa shape index (κ1) is 12.3. The number of anilines is 1. The van der Waals surface area contributed by atoms with Crippen LogP contribution in [0.15, 0.2) is 30.5 Å². The number of nitrogens with two attached hydrogens (primary N) is 2. The zero-order valence-corrected chi connectivity index (χ0v) is 10.2. The molecule has 0 aliphatic carbocycles. The second-order valence-corrected chi connectivity index (χ2v) is 3.76. The van der Waals surface area contributed by atoms with Gasteiger partial charge in [0.15, 0.2) is 0 Å². The monoisotopic (exact) mass is 248 g/mol. The molecule has 6 heteroatoms. The molecule has 18 heavy (non-hydrogen) atoms. The number of aromatic nitrogens is 2. The van der Waals surface area contributed by atoms with E-state index in [1.165, 1.54) is 4.68 Å². The third-order valence-electron chi connectivity index (χ3n) is 2.47. The molecule has 0 atom stereocenters. The van der Waals surface area contributed by atoms with E-state index in [4.69, 9.17) is 21.1 Å². The summed E-state index contributed by atoms with van der Waals surface area (Å²) in [5.74, 6) is 6.65. The molecule has 1 heterocycles. The van der Waals surface area contributed by atoms with Gasteiger partial charge in [-0.2, -0.15) is 0 Å². The number of benzene rings is 1. The fourth-order valence-electron chi connectivity index (χ4n) is 1.51. The molecule has 0 fully saturated rings. The molecular weight excluding hydrogens is 232 g/mol. The molecule has 0 saturated carbocycles. The number of nitrogen functional groups attached to an aromatic ring is 2. The molecule has 4 N–H and O–H groups in total. The maximum absolute atomic E-state index is 5.58. The maximum atomic E-state index is 5.58. The van der Waals surface area contributed by atoms with Gasteiger partial charge >= 0.3 is 0 Å². The Hall–Kier alpha value is -2.21. The van der Waals surface area contributed by atoms with Crippen molar-refractivity contribution in [3.05, 3.63) is 30.5 Å². The Bertz CT molecular complexity index is 488. The molecule has 0 aliphatic heterocycles. The zero-order valence-electron chi connectivity index (χ0n) is 10.2. The van der Waals surface area contributed by atoms with Gasteiger partial charge in [-0.05, 0) is 24.3 Å². The van der Waals surface area contributed by atoms with E-state index in [0.29, 0.717) is 13.2 Å². The Labute approximate surface area is 105 Å². The van der Waals surface area contributed by atoms with Crippen LogP contribution in [0.4, 0.5) is 5.95 Å². The van der Waals surface area contributed by atoms with Crippen LogP contribution in [-0.4, -0.2) is 30.0 Å². The van der Waals surface area contributed by atoms with E-state index >= 15 is 0 Å². The van der Waals surface area contributed by atoms with Gasteiger partial charge in [0.1, 0.15) is 12.4 Å². The Morgan fingerprint density at radius 1 is 1.22 bits per heavy atom. The normalized spacial score (nSPS) is 10.5. The average Bonchev–Trinajstić information content (AvgIpc) is 2.71. The number of ether oxygens (including phenoxy) is 2. The fraction of sp³-hybridized carbons (Fsp3) is 0.250. The van der Waals surface area contributed by atoms with Crippen molar-refractivity contribution < 1.29 is 9.47 Å². The lowest BCUT2D eigenvalue weighted by Gasteiger charge is -2.05. The van der Waals surface area contributed by atoms with Crippen LogP contribution in [0.3, 0.4) is 0 Å². The molecule has 0 radical (unpaired) electrons. The van der Waals surface area contributed by atoms with Crippen LogP contribution < -0.4 is 16.3 Å². The Kier molecular flexibility index (Phi) is 3.69. The Morgan fingerprint density at radius 3 is 2.50 bits per heavy atom.